The molecule has 0 atom stereocenters. The van der Waals surface area contributed by atoms with Gasteiger partial charge in [0.1, 0.15) is 6.61 Å². The fourth-order valence-corrected chi connectivity index (χ4v) is 3.57. The minimum atomic E-state index is -0.119. The SMILES string of the molecule is O=C(OCc1ccccc1)C1CCC(C(=O)N2CCNCC2)CC1. The van der Waals surface area contributed by atoms with Gasteiger partial charge in [-0.2, -0.15) is 0 Å². The number of piperazine rings is 1. The van der Waals surface area contributed by atoms with Gasteiger partial charge in [0.25, 0.3) is 0 Å². The second-order valence-corrected chi connectivity index (χ2v) is 6.72. The van der Waals surface area contributed by atoms with Gasteiger partial charge in [0.2, 0.25) is 5.91 Å². The topological polar surface area (TPSA) is 58.6 Å². The summed E-state index contributed by atoms with van der Waals surface area (Å²) in [7, 11) is 0. The Kier molecular flexibility index (Phi) is 5.86. The molecule has 1 aliphatic heterocycles. The lowest BCUT2D eigenvalue weighted by molar-refractivity contribution is -0.152. The maximum Gasteiger partial charge on any atom is 0.309 e. The van der Waals surface area contributed by atoms with Crippen molar-refractivity contribution in [3.8, 4) is 0 Å². The molecule has 1 amide bonds. The van der Waals surface area contributed by atoms with Crippen molar-refractivity contribution in [1.29, 1.82) is 0 Å². The largest absolute Gasteiger partial charge is 0.461 e. The Bertz CT molecular complexity index is 547. The van der Waals surface area contributed by atoms with Gasteiger partial charge < -0.3 is 15.0 Å². The van der Waals surface area contributed by atoms with Crippen molar-refractivity contribution in [3.63, 3.8) is 0 Å². The molecule has 0 bridgehead atoms. The number of carbonyl (C=O) groups excluding carboxylic acids is 2. The first kappa shape index (κ1) is 17.0. The summed E-state index contributed by atoms with van der Waals surface area (Å²) >= 11 is 0. The molecular formula is C19H26N2O3. The highest BCUT2D eigenvalue weighted by molar-refractivity contribution is 5.79. The van der Waals surface area contributed by atoms with Crippen LogP contribution in [0.4, 0.5) is 0 Å². The Morgan fingerprint density at radius 1 is 1.00 bits per heavy atom. The third-order valence-electron chi connectivity index (χ3n) is 5.06. The molecule has 2 aliphatic rings. The van der Waals surface area contributed by atoms with Crippen molar-refractivity contribution in [3.05, 3.63) is 35.9 Å². The second kappa shape index (κ2) is 8.29. The zero-order valence-electron chi connectivity index (χ0n) is 14.1. The van der Waals surface area contributed by atoms with Crippen molar-refractivity contribution in [2.75, 3.05) is 26.2 Å². The van der Waals surface area contributed by atoms with Crippen LogP contribution in [0.5, 0.6) is 0 Å². The van der Waals surface area contributed by atoms with E-state index in [0.29, 0.717) is 6.61 Å². The highest BCUT2D eigenvalue weighted by Gasteiger charge is 2.33. The molecule has 1 heterocycles. The molecule has 0 spiro atoms. The fraction of sp³-hybridized carbons (Fsp3) is 0.579. The lowest BCUT2D eigenvalue weighted by Gasteiger charge is -2.33. The average Bonchev–Trinajstić information content (AvgIpc) is 2.67. The monoisotopic (exact) mass is 330 g/mol. The zero-order valence-corrected chi connectivity index (χ0v) is 14.1. The van der Waals surface area contributed by atoms with Crippen LogP contribution in [-0.4, -0.2) is 43.0 Å². The van der Waals surface area contributed by atoms with Crippen LogP contribution in [0.3, 0.4) is 0 Å². The minimum Gasteiger partial charge on any atom is -0.461 e. The summed E-state index contributed by atoms with van der Waals surface area (Å²) in [6.07, 6.45) is 3.12. The van der Waals surface area contributed by atoms with Crippen LogP contribution < -0.4 is 5.32 Å². The molecule has 1 N–H and O–H groups in total. The van der Waals surface area contributed by atoms with Gasteiger partial charge >= 0.3 is 5.97 Å². The van der Waals surface area contributed by atoms with Gasteiger partial charge in [0.15, 0.2) is 0 Å². The number of nitrogens with zero attached hydrogens (tertiary/aromatic N) is 1. The molecule has 1 saturated carbocycles. The van der Waals surface area contributed by atoms with E-state index in [4.69, 9.17) is 4.74 Å². The first-order chi connectivity index (χ1) is 11.7. The Morgan fingerprint density at radius 2 is 1.62 bits per heavy atom. The first-order valence-electron chi connectivity index (χ1n) is 8.94. The highest BCUT2D eigenvalue weighted by Crippen LogP contribution is 2.31. The van der Waals surface area contributed by atoms with Crippen LogP contribution in [0.1, 0.15) is 31.2 Å². The van der Waals surface area contributed by atoms with E-state index in [1.807, 2.05) is 35.2 Å². The quantitative estimate of drug-likeness (QED) is 0.858. The van der Waals surface area contributed by atoms with E-state index >= 15 is 0 Å². The molecule has 1 saturated heterocycles. The van der Waals surface area contributed by atoms with Crippen molar-refractivity contribution in [2.24, 2.45) is 11.8 Å². The van der Waals surface area contributed by atoms with Crippen molar-refractivity contribution < 1.29 is 14.3 Å². The summed E-state index contributed by atoms with van der Waals surface area (Å²) in [6, 6.07) is 9.74. The Balaban J connectivity index is 1.42. The third-order valence-corrected chi connectivity index (χ3v) is 5.06. The highest BCUT2D eigenvalue weighted by atomic mass is 16.5. The molecule has 0 aromatic heterocycles. The zero-order chi connectivity index (χ0) is 16.8. The van der Waals surface area contributed by atoms with E-state index in [-0.39, 0.29) is 23.7 Å². The molecule has 1 aromatic rings. The van der Waals surface area contributed by atoms with E-state index in [1.54, 1.807) is 0 Å². The number of hydrogen-bond donors (Lipinski definition) is 1. The van der Waals surface area contributed by atoms with E-state index in [0.717, 1.165) is 57.4 Å². The lowest BCUT2D eigenvalue weighted by atomic mass is 9.81. The predicted octanol–water partition coefficient (Wildman–Crippen LogP) is 1.97. The summed E-state index contributed by atoms with van der Waals surface area (Å²) in [5.74, 6) is 0.182. The van der Waals surface area contributed by atoms with E-state index in [9.17, 15) is 9.59 Å². The predicted molar refractivity (Wildman–Crippen MR) is 91.1 cm³/mol. The smallest absolute Gasteiger partial charge is 0.309 e. The molecule has 5 heteroatoms. The Labute approximate surface area is 143 Å². The summed E-state index contributed by atoms with van der Waals surface area (Å²) in [5, 5.41) is 3.27. The van der Waals surface area contributed by atoms with Gasteiger partial charge in [-0.25, -0.2) is 0 Å². The maximum atomic E-state index is 12.5. The molecule has 1 aromatic carbocycles. The van der Waals surface area contributed by atoms with Gasteiger partial charge in [-0.05, 0) is 31.2 Å². The van der Waals surface area contributed by atoms with Crippen LogP contribution in [0.2, 0.25) is 0 Å². The molecule has 3 rings (SSSR count). The number of esters is 1. The summed E-state index contributed by atoms with van der Waals surface area (Å²) in [4.78, 5) is 26.7. The number of rotatable bonds is 4. The molecule has 2 fully saturated rings. The van der Waals surface area contributed by atoms with Crippen molar-refractivity contribution >= 4 is 11.9 Å². The molecule has 1 aliphatic carbocycles. The van der Waals surface area contributed by atoms with Gasteiger partial charge in [0, 0.05) is 32.1 Å². The number of carbonyl (C=O) groups is 2. The molecule has 0 radical (unpaired) electrons. The lowest BCUT2D eigenvalue weighted by Crippen LogP contribution is -2.49. The van der Waals surface area contributed by atoms with Crippen LogP contribution in [0.15, 0.2) is 30.3 Å². The Hall–Kier alpha value is -1.88. The molecule has 130 valence electrons. The maximum absolute atomic E-state index is 12.5. The normalized spacial score (nSPS) is 24.4. The molecule has 5 nitrogen and oxygen atoms in total. The standard InChI is InChI=1S/C19H26N2O3/c22-18(21-12-10-20-11-13-21)16-6-8-17(9-7-16)19(23)24-14-15-4-2-1-3-5-15/h1-5,16-17,20H,6-14H2. The minimum absolute atomic E-state index is 0.0548. The number of benzene rings is 1. The second-order valence-electron chi connectivity index (χ2n) is 6.72. The van der Waals surface area contributed by atoms with Crippen LogP contribution in [-0.2, 0) is 20.9 Å². The van der Waals surface area contributed by atoms with Gasteiger partial charge in [-0.1, -0.05) is 30.3 Å². The van der Waals surface area contributed by atoms with Crippen LogP contribution >= 0.6 is 0 Å². The summed E-state index contributed by atoms with van der Waals surface area (Å²) in [5.41, 5.74) is 1.01. The van der Waals surface area contributed by atoms with Gasteiger partial charge in [0.05, 0.1) is 5.92 Å². The summed E-state index contributed by atoms with van der Waals surface area (Å²) in [6.45, 7) is 3.70. The fourth-order valence-electron chi connectivity index (χ4n) is 3.57. The van der Waals surface area contributed by atoms with Crippen molar-refractivity contribution in [2.45, 2.75) is 32.3 Å². The van der Waals surface area contributed by atoms with E-state index in [1.165, 1.54) is 0 Å². The average molecular weight is 330 g/mol. The summed E-state index contributed by atoms with van der Waals surface area (Å²) < 4.78 is 5.44. The number of nitrogens with one attached hydrogen (secondary N) is 1. The Morgan fingerprint density at radius 3 is 2.29 bits per heavy atom. The van der Waals surface area contributed by atoms with Gasteiger partial charge in [-0.15, -0.1) is 0 Å². The van der Waals surface area contributed by atoms with E-state index < -0.39 is 0 Å². The van der Waals surface area contributed by atoms with Crippen LogP contribution in [0, 0.1) is 11.8 Å². The third kappa shape index (κ3) is 4.35. The van der Waals surface area contributed by atoms with Gasteiger partial charge in [-0.3, -0.25) is 9.59 Å². The number of hydrogen-bond acceptors (Lipinski definition) is 4. The number of amides is 1. The van der Waals surface area contributed by atoms with Crippen LogP contribution in [0.25, 0.3) is 0 Å². The molecule has 0 unspecified atom stereocenters. The first-order valence-corrected chi connectivity index (χ1v) is 8.94. The molecule has 24 heavy (non-hydrogen) atoms. The van der Waals surface area contributed by atoms with Crippen molar-refractivity contribution in [1.82, 2.24) is 10.2 Å². The number of ether oxygens (including phenoxy) is 1. The van der Waals surface area contributed by atoms with E-state index in [2.05, 4.69) is 5.32 Å². The molecular weight excluding hydrogens is 304 g/mol.